The highest BCUT2D eigenvalue weighted by molar-refractivity contribution is 5.38. The van der Waals surface area contributed by atoms with Gasteiger partial charge in [-0.2, -0.15) is 0 Å². The molecule has 0 fully saturated rings. The minimum absolute atomic E-state index is 1.01. The molecule has 0 bridgehead atoms. The van der Waals surface area contributed by atoms with Gasteiger partial charge in [0.25, 0.3) is 0 Å². The highest BCUT2D eigenvalue weighted by atomic mass is 14.9. The van der Waals surface area contributed by atoms with Gasteiger partial charge in [0.05, 0.1) is 0 Å². The molecule has 0 aliphatic carbocycles. The third-order valence-corrected chi connectivity index (χ3v) is 2.38. The van der Waals surface area contributed by atoms with E-state index in [0.717, 1.165) is 22.5 Å². The molecule has 0 radical (unpaired) electrons. The first-order chi connectivity index (χ1) is 8.10. The Morgan fingerprint density at radius 1 is 0.824 bits per heavy atom. The smallest absolute Gasteiger partial charge is 0.0410 e. The third-order valence-electron chi connectivity index (χ3n) is 2.38. The lowest BCUT2D eigenvalue weighted by Gasteiger charge is -2.12. The van der Waals surface area contributed by atoms with E-state index in [0.29, 0.717) is 0 Å². The van der Waals surface area contributed by atoms with Gasteiger partial charge in [-0.1, -0.05) is 37.5 Å². The molecule has 0 spiro atoms. The second-order valence-corrected chi connectivity index (χ2v) is 3.73. The molecule has 1 heteroatoms. The van der Waals surface area contributed by atoms with Gasteiger partial charge in [-0.15, -0.1) is 0 Å². The summed E-state index contributed by atoms with van der Waals surface area (Å²) in [5.41, 5.74) is 4.32. The largest absolute Gasteiger partial charge is 0.355 e. The average Bonchev–Trinajstić information content (AvgIpc) is 2.33. The maximum Gasteiger partial charge on any atom is 0.0410 e. The van der Waals surface area contributed by atoms with E-state index < -0.39 is 0 Å². The first-order valence-electron chi connectivity index (χ1n) is 5.79. The van der Waals surface area contributed by atoms with E-state index in [4.69, 9.17) is 0 Å². The number of allylic oxidation sites excluding steroid dienone is 8. The molecular formula is C16H23N. The Balaban J connectivity index is 5.31. The molecule has 0 aliphatic heterocycles. The van der Waals surface area contributed by atoms with Crippen LogP contribution in [-0.4, -0.2) is 0 Å². The van der Waals surface area contributed by atoms with E-state index in [1.807, 2.05) is 51.2 Å². The summed E-state index contributed by atoms with van der Waals surface area (Å²) in [7, 11) is 0. The van der Waals surface area contributed by atoms with Gasteiger partial charge < -0.3 is 5.32 Å². The molecule has 0 atom stereocenters. The van der Waals surface area contributed by atoms with Crippen LogP contribution < -0.4 is 5.32 Å². The first-order valence-corrected chi connectivity index (χ1v) is 5.79. The zero-order chi connectivity index (χ0) is 13.3. The van der Waals surface area contributed by atoms with Gasteiger partial charge in [0.15, 0.2) is 0 Å². The number of nitrogens with one attached hydrogen (secondary N) is 1. The fraction of sp³-hybridized carbons (Fsp3) is 0.250. The van der Waals surface area contributed by atoms with E-state index in [2.05, 4.69) is 31.5 Å². The van der Waals surface area contributed by atoms with E-state index >= 15 is 0 Å². The summed E-state index contributed by atoms with van der Waals surface area (Å²) in [6.45, 7) is 15.7. The van der Waals surface area contributed by atoms with Crippen LogP contribution in [0.15, 0.2) is 72.2 Å². The highest BCUT2D eigenvalue weighted by Gasteiger charge is 2.00. The molecule has 0 rings (SSSR count). The predicted molar refractivity (Wildman–Crippen MR) is 78.6 cm³/mol. The van der Waals surface area contributed by atoms with Crippen LogP contribution in [0, 0.1) is 0 Å². The molecule has 1 nitrogen and oxygen atoms in total. The molecule has 0 saturated heterocycles. The predicted octanol–water partition coefficient (Wildman–Crippen LogP) is 4.65. The summed E-state index contributed by atoms with van der Waals surface area (Å²) in [4.78, 5) is 0. The number of rotatable bonds is 6. The molecule has 0 aromatic carbocycles. The number of hydrogen-bond acceptors (Lipinski definition) is 1. The lowest BCUT2D eigenvalue weighted by Crippen LogP contribution is -2.12. The Labute approximate surface area is 106 Å². The van der Waals surface area contributed by atoms with Crippen molar-refractivity contribution >= 4 is 0 Å². The topological polar surface area (TPSA) is 12.0 Å². The zero-order valence-corrected chi connectivity index (χ0v) is 11.4. The molecule has 92 valence electrons. The lowest BCUT2D eigenvalue weighted by atomic mass is 10.1. The lowest BCUT2D eigenvalue weighted by molar-refractivity contribution is 1.01. The molecule has 0 unspecified atom stereocenters. The fourth-order valence-corrected chi connectivity index (χ4v) is 1.34. The molecule has 0 heterocycles. The minimum atomic E-state index is 1.01. The van der Waals surface area contributed by atoms with E-state index in [1.54, 1.807) is 0 Å². The summed E-state index contributed by atoms with van der Waals surface area (Å²) in [5.74, 6) is 0. The Bertz CT molecular complexity index is 390. The summed E-state index contributed by atoms with van der Waals surface area (Å²) < 4.78 is 0. The van der Waals surface area contributed by atoms with Gasteiger partial charge in [0, 0.05) is 11.4 Å². The van der Waals surface area contributed by atoms with Crippen LogP contribution in [0.5, 0.6) is 0 Å². The van der Waals surface area contributed by atoms with E-state index in [9.17, 15) is 0 Å². The van der Waals surface area contributed by atoms with E-state index in [-0.39, 0.29) is 0 Å². The van der Waals surface area contributed by atoms with Crippen LogP contribution in [0.2, 0.25) is 0 Å². The second kappa shape index (κ2) is 8.40. The molecular weight excluding hydrogens is 206 g/mol. The van der Waals surface area contributed by atoms with Crippen LogP contribution in [-0.2, 0) is 0 Å². The van der Waals surface area contributed by atoms with Gasteiger partial charge in [-0.3, -0.25) is 0 Å². The van der Waals surface area contributed by atoms with Crippen LogP contribution in [0.1, 0.15) is 27.7 Å². The van der Waals surface area contributed by atoms with Crippen LogP contribution in [0.25, 0.3) is 0 Å². The highest BCUT2D eigenvalue weighted by Crippen LogP contribution is 2.10. The third kappa shape index (κ3) is 5.21. The normalized spacial score (nSPS) is 14.6. The van der Waals surface area contributed by atoms with Crippen molar-refractivity contribution in [2.45, 2.75) is 27.7 Å². The summed E-state index contributed by atoms with van der Waals surface area (Å²) >= 11 is 0. The fourth-order valence-electron chi connectivity index (χ4n) is 1.34. The monoisotopic (exact) mass is 229 g/mol. The SMILES string of the molecule is C=C/C(C)=C(\C=C/C)N/C(C=C)=C(C)/C=C\C. The van der Waals surface area contributed by atoms with Crippen molar-refractivity contribution in [1.82, 2.24) is 5.32 Å². The van der Waals surface area contributed by atoms with Crippen molar-refractivity contribution in [3.05, 3.63) is 72.2 Å². The Morgan fingerprint density at radius 3 is 1.82 bits per heavy atom. The van der Waals surface area contributed by atoms with Crippen molar-refractivity contribution in [2.24, 2.45) is 0 Å². The second-order valence-electron chi connectivity index (χ2n) is 3.73. The van der Waals surface area contributed by atoms with Crippen molar-refractivity contribution in [3.8, 4) is 0 Å². The standard InChI is InChI=1S/C16H23N/c1-7-11-14(6)15(10-4)17-16(12-8-2)13(5)9-3/h7-12,17H,3-4H2,1-2,5-6H3/b11-7-,12-8-,15-14+,16-13+. The van der Waals surface area contributed by atoms with Crippen LogP contribution in [0.4, 0.5) is 0 Å². The molecule has 0 saturated carbocycles. The molecule has 0 aliphatic rings. The summed E-state index contributed by atoms with van der Waals surface area (Å²) in [6.07, 6.45) is 11.8. The minimum Gasteiger partial charge on any atom is -0.355 e. The van der Waals surface area contributed by atoms with Crippen LogP contribution >= 0.6 is 0 Å². The first kappa shape index (κ1) is 15.2. The van der Waals surface area contributed by atoms with Crippen molar-refractivity contribution in [2.75, 3.05) is 0 Å². The molecule has 17 heavy (non-hydrogen) atoms. The van der Waals surface area contributed by atoms with Gasteiger partial charge >= 0.3 is 0 Å². The summed E-state index contributed by atoms with van der Waals surface area (Å²) in [5, 5.41) is 3.37. The molecule has 1 N–H and O–H groups in total. The average molecular weight is 229 g/mol. The quantitative estimate of drug-likeness (QED) is 0.654. The summed E-state index contributed by atoms with van der Waals surface area (Å²) in [6, 6.07) is 0. The Hall–Kier alpha value is -1.76. The van der Waals surface area contributed by atoms with Gasteiger partial charge in [-0.05, 0) is 51.0 Å². The van der Waals surface area contributed by atoms with Gasteiger partial charge in [0.1, 0.15) is 0 Å². The Kier molecular flexibility index (Phi) is 7.53. The Morgan fingerprint density at radius 2 is 1.41 bits per heavy atom. The van der Waals surface area contributed by atoms with E-state index in [1.165, 1.54) is 0 Å². The maximum absolute atomic E-state index is 3.84. The van der Waals surface area contributed by atoms with Gasteiger partial charge in [0.2, 0.25) is 0 Å². The van der Waals surface area contributed by atoms with Crippen molar-refractivity contribution in [3.63, 3.8) is 0 Å². The van der Waals surface area contributed by atoms with Gasteiger partial charge in [-0.25, -0.2) is 0 Å². The van der Waals surface area contributed by atoms with Crippen molar-refractivity contribution in [1.29, 1.82) is 0 Å². The van der Waals surface area contributed by atoms with Crippen LogP contribution in [0.3, 0.4) is 0 Å². The molecule has 0 aromatic rings. The number of hydrogen-bond donors (Lipinski definition) is 1. The van der Waals surface area contributed by atoms with Crippen molar-refractivity contribution < 1.29 is 0 Å². The molecule has 0 aromatic heterocycles. The molecule has 0 amide bonds. The maximum atomic E-state index is 3.84. The zero-order valence-electron chi connectivity index (χ0n) is 11.4.